The van der Waals surface area contributed by atoms with Crippen LogP contribution in [0.25, 0.3) is 0 Å². The van der Waals surface area contributed by atoms with Crippen molar-refractivity contribution in [3.05, 3.63) is 23.3 Å². The predicted molar refractivity (Wildman–Crippen MR) is 103 cm³/mol. The molecule has 1 fully saturated rings. The van der Waals surface area contributed by atoms with Gasteiger partial charge in [0.2, 0.25) is 5.91 Å². The predicted octanol–water partition coefficient (Wildman–Crippen LogP) is -0.585. The molecule has 12 heteroatoms. The highest BCUT2D eigenvalue weighted by atomic mass is 16.6. The van der Waals surface area contributed by atoms with Crippen LogP contribution in [0.4, 0.5) is 0 Å². The lowest BCUT2D eigenvalue weighted by Gasteiger charge is -2.40. The zero-order valence-electron chi connectivity index (χ0n) is 16.2. The number of carboxylic acid groups (broad SMARTS) is 2. The number of nitrogens with two attached hydrogens (primary N) is 1. The van der Waals surface area contributed by atoms with Gasteiger partial charge in [0.1, 0.15) is 17.4 Å². The molecule has 0 radical (unpaired) electrons. The second-order valence-corrected chi connectivity index (χ2v) is 7.68. The Kier molecular flexibility index (Phi) is 6.20. The molecular weight excluding hydrogens is 399 g/mol. The van der Waals surface area contributed by atoms with Gasteiger partial charge in [0.25, 0.3) is 0 Å². The van der Waals surface area contributed by atoms with Gasteiger partial charge in [-0.2, -0.15) is 0 Å². The number of ether oxygens (including phenoxy) is 1. The van der Waals surface area contributed by atoms with E-state index in [0.717, 1.165) is 0 Å². The number of fused-ring (bicyclic) bond motifs is 1. The zero-order valence-corrected chi connectivity index (χ0v) is 16.2. The average molecular weight is 423 g/mol. The van der Waals surface area contributed by atoms with Gasteiger partial charge in [0, 0.05) is 18.9 Å². The number of aryl methyl sites for hydroxylation is 1. The molecule has 1 aromatic carbocycles. The smallest absolute Gasteiger partial charge is 0.430 e. The Morgan fingerprint density at radius 3 is 2.60 bits per heavy atom. The van der Waals surface area contributed by atoms with E-state index >= 15 is 0 Å². The van der Waals surface area contributed by atoms with Crippen molar-refractivity contribution in [1.29, 1.82) is 0 Å². The Morgan fingerprint density at radius 2 is 1.97 bits per heavy atom. The third-order valence-corrected chi connectivity index (χ3v) is 5.17. The van der Waals surface area contributed by atoms with Gasteiger partial charge in [-0.15, -0.1) is 0 Å². The first-order valence-corrected chi connectivity index (χ1v) is 9.66. The molecule has 2 aliphatic heterocycles. The number of hydrogen-bond acceptors (Lipinski definition) is 8. The molecule has 0 aliphatic carbocycles. The van der Waals surface area contributed by atoms with Crippen LogP contribution in [0.2, 0.25) is 6.32 Å². The number of rotatable bonds is 8. The minimum atomic E-state index is -3.13. The van der Waals surface area contributed by atoms with Gasteiger partial charge in [0.05, 0.1) is 18.8 Å². The van der Waals surface area contributed by atoms with Gasteiger partial charge in [-0.3, -0.25) is 9.59 Å². The van der Waals surface area contributed by atoms with E-state index in [-0.39, 0.29) is 68.1 Å². The van der Waals surface area contributed by atoms with Crippen molar-refractivity contribution in [2.45, 2.75) is 44.1 Å². The molecule has 2 heterocycles. The van der Waals surface area contributed by atoms with Gasteiger partial charge >= 0.3 is 18.7 Å². The van der Waals surface area contributed by atoms with Crippen LogP contribution in [-0.4, -0.2) is 75.0 Å². The molecule has 1 atom stereocenters. The fraction of sp³-hybridized carbons (Fsp3) is 0.500. The molecule has 0 saturated carbocycles. The van der Waals surface area contributed by atoms with Gasteiger partial charge in [0.15, 0.2) is 0 Å². The van der Waals surface area contributed by atoms with Crippen LogP contribution in [0.5, 0.6) is 11.5 Å². The van der Waals surface area contributed by atoms with E-state index in [4.69, 9.17) is 20.2 Å². The normalized spacial score (nSPS) is 18.6. The highest BCUT2D eigenvalue weighted by Crippen LogP contribution is 2.39. The summed E-state index contributed by atoms with van der Waals surface area (Å²) in [5.74, 6) is -2.63. The lowest BCUT2D eigenvalue weighted by Crippen LogP contribution is -2.57. The minimum Gasteiger partial charge on any atom is -0.669 e. The molecule has 1 saturated heterocycles. The number of nitrogens with zero attached hydrogens (tertiary/aromatic N) is 1. The highest BCUT2D eigenvalue weighted by Gasteiger charge is 2.36. The van der Waals surface area contributed by atoms with Crippen molar-refractivity contribution in [3.63, 3.8) is 0 Å². The minimum absolute atomic E-state index is 0.0181. The van der Waals surface area contributed by atoms with Crippen molar-refractivity contribution in [2.24, 2.45) is 5.73 Å². The summed E-state index contributed by atoms with van der Waals surface area (Å²) in [4.78, 5) is 36.0. The second kappa shape index (κ2) is 8.50. The third-order valence-electron chi connectivity index (χ3n) is 5.17. The topological polar surface area (TPSA) is 180 Å². The largest absolute Gasteiger partial charge is 0.669 e. The fourth-order valence-electron chi connectivity index (χ4n) is 3.49. The van der Waals surface area contributed by atoms with E-state index in [0.29, 0.717) is 5.56 Å². The van der Waals surface area contributed by atoms with Crippen LogP contribution in [-0.2, 0) is 16.0 Å². The number of likely N-dealkylation sites (tertiary alicyclic amines) is 1. The van der Waals surface area contributed by atoms with Crippen LogP contribution in [0.1, 0.15) is 35.2 Å². The number of aromatic carboxylic acids is 1. The van der Waals surface area contributed by atoms with Crippen LogP contribution in [0.15, 0.2) is 12.1 Å². The maximum Gasteiger partial charge on any atom is 0.430 e. The monoisotopic (exact) mass is 423 g/mol. The molecule has 2 aliphatic rings. The summed E-state index contributed by atoms with van der Waals surface area (Å²) in [6.45, 7) is -2.66. The van der Waals surface area contributed by atoms with Gasteiger partial charge in [-0.05, 0) is 24.5 Å². The summed E-state index contributed by atoms with van der Waals surface area (Å²) < 4.78 is 10.8. The number of carboxylic acids is 2. The third kappa shape index (κ3) is 5.01. The Morgan fingerprint density at radius 1 is 1.27 bits per heavy atom. The maximum atomic E-state index is 12.2. The molecule has 3 rings (SSSR count). The summed E-state index contributed by atoms with van der Waals surface area (Å²) in [5.41, 5.74) is 6.03. The summed E-state index contributed by atoms with van der Waals surface area (Å²) >= 11 is 0. The van der Waals surface area contributed by atoms with E-state index in [1.54, 1.807) is 6.07 Å². The first-order chi connectivity index (χ1) is 14.1. The second-order valence-electron chi connectivity index (χ2n) is 7.68. The highest BCUT2D eigenvalue weighted by molar-refractivity contribution is 6.59. The van der Waals surface area contributed by atoms with E-state index in [1.165, 1.54) is 11.0 Å². The molecular formula is C18H24BN2O9-. The first-order valence-electron chi connectivity index (χ1n) is 9.66. The summed E-state index contributed by atoms with van der Waals surface area (Å²) in [6, 6.07) is 2.56. The molecule has 1 aromatic rings. The number of amides is 1. The van der Waals surface area contributed by atoms with Crippen LogP contribution < -0.4 is 15.1 Å². The first kappa shape index (κ1) is 21.9. The van der Waals surface area contributed by atoms with Gasteiger partial charge < -0.3 is 40.3 Å². The van der Waals surface area contributed by atoms with E-state index in [2.05, 4.69) is 0 Å². The molecule has 0 spiro atoms. The molecule has 30 heavy (non-hydrogen) atoms. The Labute approximate surface area is 172 Å². The van der Waals surface area contributed by atoms with Crippen molar-refractivity contribution < 1.29 is 44.0 Å². The van der Waals surface area contributed by atoms with Crippen molar-refractivity contribution in [2.75, 3.05) is 13.1 Å². The molecule has 1 amide bonds. The van der Waals surface area contributed by atoms with Gasteiger partial charge in [-0.1, -0.05) is 12.4 Å². The number of hydrogen-bond donors (Lipinski definition) is 5. The number of aliphatic carboxylic acids is 1. The Balaban J connectivity index is 1.60. The Bertz CT molecular complexity index is 854. The SMILES string of the molecule is N[C@@H](CCC(=O)O)CC(=O)N1CC(Oc2ccc3c(c2C(=O)O)O[B-](O)(O)CC3)C1. The Hall–Kier alpha value is -2.83. The molecule has 6 N–H and O–H groups in total. The summed E-state index contributed by atoms with van der Waals surface area (Å²) in [5, 5.41) is 37.8. The quantitative estimate of drug-likeness (QED) is 0.339. The molecule has 164 valence electrons. The van der Waals surface area contributed by atoms with Gasteiger partial charge in [-0.25, -0.2) is 4.79 Å². The van der Waals surface area contributed by atoms with E-state index in [1.807, 2.05) is 0 Å². The number of carbonyl (C=O) groups excluding carboxylic acids is 1. The standard InChI is InChI=1S/C18H24BN2O9/c20-11(2-4-15(23)24)7-14(22)21-8-12(9-21)29-13-3-1-10-5-6-19(27,28)30-17(10)16(13)18(25)26/h1,3,11-12,27-28H,2,4-9,20H2,(H,23,24)(H,25,26)/q-1/t11-/m0/s1. The summed E-state index contributed by atoms with van der Waals surface area (Å²) in [6.07, 6.45) is -0.1000. The molecule has 0 bridgehead atoms. The lowest BCUT2D eigenvalue weighted by molar-refractivity contribution is -0.141. The van der Waals surface area contributed by atoms with E-state index in [9.17, 15) is 29.5 Å². The lowest BCUT2D eigenvalue weighted by atomic mass is 9.70. The van der Waals surface area contributed by atoms with Crippen molar-refractivity contribution in [3.8, 4) is 11.5 Å². The average Bonchev–Trinajstić information content (AvgIpc) is 2.60. The van der Waals surface area contributed by atoms with Crippen LogP contribution in [0, 0.1) is 0 Å². The number of carbonyl (C=O) groups is 3. The van der Waals surface area contributed by atoms with Crippen LogP contribution >= 0.6 is 0 Å². The maximum absolute atomic E-state index is 12.2. The van der Waals surface area contributed by atoms with Crippen molar-refractivity contribution in [1.82, 2.24) is 4.90 Å². The molecule has 0 aromatic heterocycles. The fourth-order valence-corrected chi connectivity index (χ4v) is 3.49. The molecule has 11 nitrogen and oxygen atoms in total. The number of benzene rings is 1. The van der Waals surface area contributed by atoms with E-state index < -0.39 is 30.8 Å². The molecule has 0 unspecified atom stereocenters. The van der Waals surface area contributed by atoms with Crippen LogP contribution in [0.3, 0.4) is 0 Å². The zero-order chi connectivity index (χ0) is 22.1. The van der Waals surface area contributed by atoms with Crippen molar-refractivity contribution >= 4 is 24.6 Å². The summed E-state index contributed by atoms with van der Waals surface area (Å²) in [7, 11) is 0.